The van der Waals surface area contributed by atoms with Crippen LogP contribution in [0.4, 0.5) is 19.0 Å². The Morgan fingerprint density at radius 1 is 1.25 bits per heavy atom. The summed E-state index contributed by atoms with van der Waals surface area (Å²) in [5.41, 5.74) is 0.518. The van der Waals surface area contributed by atoms with Crippen molar-refractivity contribution in [1.82, 2.24) is 19.6 Å². The molecule has 2 aromatic heterocycles. The van der Waals surface area contributed by atoms with Crippen LogP contribution in [0.15, 0.2) is 30.6 Å². The zero-order valence-electron chi connectivity index (χ0n) is 12.8. The molecule has 1 unspecified atom stereocenters. The van der Waals surface area contributed by atoms with E-state index in [9.17, 15) is 13.2 Å². The maximum absolute atomic E-state index is 12.8. The van der Waals surface area contributed by atoms with Crippen molar-refractivity contribution in [2.75, 3.05) is 5.32 Å². The van der Waals surface area contributed by atoms with E-state index < -0.39 is 11.7 Å². The van der Waals surface area contributed by atoms with Gasteiger partial charge in [0.25, 0.3) is 5.78 Å². The lowest BCUT2D eigenvalue weighted by Gasteiger charge is -2.18. The van der Waals surface area contributed by atoms with Crippen LogP contribution in [0.5, 0.6) is 0 Å². The Balaban J connectivity index is 1.91. The van der Waals surface area contributed by atoms with Crippen molar-refractivity contribution in [2.45, 2.75) is 26.1 Å². The molecule has 2 heterocycles. The molecule has 3 rings (SSSR count). The smallest absolute Gasteiger partial charge is 0.363 e. The Bertz CT molecular complexity index is 890. The largest absolute Gasteiger partial charge is 0.417 e. The van der Waals surface area contributed by atoms with Gasteiger partial charge < -0.3 is 5.32 Å². The van der Waals surface area contributed by atoms with Gasteiger partial charge in [-0.1, -0.05) is 17.7 Å². The number of hydrogen-bond donors (Lipinski definition) is 1. The molecular formula is C15H13ClF3N5. The molecule has 1 atom stereocenters. The van der Waals surface area contributed by atoms with E-state index in [-0.39, 0.29) is 11.1 Å². The molecule has 24 heavy (non-hydrogen) atoms. The van der Waals surface area contributed by atoms with Crippen LogP contribution in [-0.4, -0.2) is 19.6 Å². The second-order valence-electron chi connectivity index (χ2n) is 5.36. The van der Waals surface area contributed by atoms with Crippen molar-refractivity contribution >= 4 is 23.2 Å². The molecule has 0 amide bonds. The number of nitrogens with zero attached hydrogens (tertiary/aromatic N) is 4. The van der Waals surface area contributed by atoms with Gasteiger partial charge in [0.05, 0.1) is 10.6 Å². The normalized spacial score (nSPS) is 13.2. The second-order valence-corrected chi connectivity index (χ2v) is 5.76. The topological polar surface area (TPSA) is 55.1 Å². The second kappa shape index (κ2) is 5.94. The zero-order chi connectivity index (χ0) is 17.5. The summed E-state index contributed by atoms with van der Waals surface area (Å²) in [4.78, 5) is 8.26. The quantitative estimate of drug-likeness (QED) is 0.762. The molecule has 9 heteroatoms. The fourth-order valence-corrected chi connectivity index (χ4v) is 2.67. The highest BCUT2D eigenvalue weighted by molar-refractivity contribution is 6.31. The van der Waals surface area contributed by atoms with E-state index in [0.29, 0.717) is 17.2 Å². The number of aryl methyl sites for hydroxylation is 1. The molecule has 0 saturated carbocycles. The Kier molecular flexibility index (Phi) is 4.08. The molecule has 0 aliphatic carbocycles. The number of nitrogens with one attached hydrogen (secondary N) is 1. The van der Waals surface area contributed by atoms with Gasteiger partial charge in [0, 0.05) is 17.8 Å². The van der Waals surface area contributed by atoms with Crippen molar-refractivity contribution in [3.63, 3.8) is 0 Å². The van der Waals surface area contributed by atoms with Gasteiger partial charge in [-0.05, 0) is 31.5 Å². The van der Waals surface area contributed by atoms with Gasteiger partial charge in [-0.25, -0.2) is 4.98 Å². The fourth-order valence-electron chi connectivity index (χ4n) is 2.37. The monoisotopic (exact) mass is 355 g/mol. The van der Waals surface area contributed by atoms with E-state index in [0.717, 1.165) is 11.8 Å². The summed E-state index contributed by atoms with van der Waals surface area (Å²) in [6.07, 6.45) is -3.09. The van der Waals surface area contributed by atoms with Crippen LogP contribution < -0.4 is 5.32 Å². The van der Waals surface area contributed by atoms with E-state index in [1.54, 1.807) is 6.07 Å². The minimum Gasteiger partial charge on any atom is -0.363 e. The van der Waals surface area contributed by atoms with Crippen molar-refractivity contribution in [2.24, 2.45) is 0 Å². The lowest BCUT2D eigenvalue weighted by atomic mass is 10.1. The number of benzene rings is 1. The Morgan fingerprint density at radius 2 is 2.00 bits per heavy atom. The Labute approximate surface area is 140 Å². The van der Waals surface area contributed by atoms with Crippen LogP contribution in [0.25, 0.3) is 5.78 Å². The SMILES string of the molecule is Cc1cc(NC(C)c2ccc(C(F)(F)F)c(Cl)c2)n2ncnc2n1. The molecule has 5 nitrogen and oxygen atoms in total. The molecule has 0 radical (unpaired) electrons. The van der Waals surface area contributed by atoms with E-state index in [1.807, 2.05) is 13.8 Å². The highest BCUT2D eigenvalue weighted by Gasteiger charge is 2.33. The molecular weight excluding hydrogens is 343 g/mol. The Hall–Kier alpha value is -2.35. The first-order valence-corrected chi connectivity index (χ1v) is 7.44. The third-order valence-corrected chi connectivity index (χ3v) is 3.86. The van der Waals surface area contributed by atoms with Gasteiger partial charge >= 0.3 is 6.18 Å². The van der Waals surface area contributed by atoms with Crippen LogP contribution in [0, 0.1) is 6.92 Å². The van der Waals surface area contributed by atoms with Crippen LogP contribution in [-0.2, 0) is 6.18 Å². The van der Waals surface area contributed by atoms with E-state index in [1.165, 1.54) is 23.0 Å². The van der Waals surface area contributed by atoms with Gasteiger partial charge in [0.15, 0.2) is 0 Å². The third-order valence-electron chi connectivity index (χ3n) is 3.54. The lowest BCUT2D eigenvalue weighted by molar-refractivity contribution is -0.137. The van der Waals surface area contributed by atoms with E-state index >= 15 is 0 Å². The molecule has 1 N–H and O–H groups in total. The van der Waals surface area contributed by atoms with Gasteiger partial charge in [0.2, 0.25) is 0 Å². The maximum Gasteiger partial charge on any atom is 0.417 e. The van der Waals surface area contributed by atoms with Crippen molar-refractivity contribution in [3.05, 3.63) is 52.4 Å². The minimum absolute atomic E-state index is 0.293. The summed E-state index contributed by atoms with van der Waals surface area (Å²) >= 11 is 5.78. The lowest BCUT2D eigenvalue weighted by Crippen LogP contribution is -2.12. The van der Waals surface area contributed by atoms with Gasteiger partial charge in [-0.15, -0.1) is 0 Å². The van der Waals surface area contributed by atoms with Crippen molar-refractivity contribution in [1.29, 1.82) is 0 Å². The predicted octanol–water partition coefficient (Wildman–Crippen LogP) is 4.28. The number of alkyl halides is 3. The molecule has 0 fully saturated rings. The molecule has 0 aliphatic rings. The van der Waals surface area contributed by atoms with Crippen molar-refractivity contribution in [3.8, 4) is 0 Å². The average molecular weight is 356 g/mol. The van der Waals surface area contributed by atoms with E-state index in [4.69, 9.17) is 11.6 Å². The number of anilines is 1. The number of halogens is 4. The zero-order valence-corrected chi connectivity index (χ0v) is 13.5. The maximum atomic E-state index is 12.8. The first-order chi connectivity index (χ1) is 11.3. The van der Waals surface area contributed by atoms with Gasteiger partial charge in [-0.2, -0.15) is 27.8 Å². The van der Waals surface area contributed by atoms with Crippen molar-refractivity contribution < 1.29 is 13.2 Å². The standard InChI is InChI=1S/C15H13ClF3N5/c1-8-5-13(24-14(22-8)20-7-21-24)23-9(2)10-3-4-11(12(16)6-10)15(17,18)19/h3-7,9,23H,1-2H3. The minimum atomic E-state index is -4.47. The summed E-state index contributed by atoms with van der Waals surface area (Å²) in [5.74, 6) is 1.08. The first-order valence-electron chi connectivity index (χ1n) is 7.06. The summed E-state index contributed by atoms with van der Waals surface area (Å²) in [5, 5.41) is 6.94. The third kappa shape index (κ3) is 3.14. The molecule has 126 valence electrons. The fraction of sp³-hybridized carbons (Fsp3) is 0.267. The average Bonchev–Trinajstić information content (AvgIpc) is 2.94. The molecule has 0 saturated heterocycles. The number of aromatic nitrogens is 4. The summed E-state index contributed by atoms with van der Waals surface area (Å²) in [6.45, 7) is 3.64. The summed E-state index contributed by atoms with van der Waals surface area (Å²) < 4.78 is 39.9. The van der Waals surface area contributed by atoms with Crippen LogP contribution in [0.3, 0.4) is 0 Å². The summed E-state index contributed by atoms with van der Waals surface area (Å²) in [6, 6.07) is 5.19. The molecule has 0 spiro atoms. The summed E-state index contributed by atoms with van der Waals surface area (Å²) in [7, 11) is 0. The number of hydrogen-bond acceptors (Lipinski definition) is 4. The van der Waals surface area contributed by atoms with Gasteiger partial charge in [-0.3, -0.25) is 0 Å². The highest BCUT2D eigenvalue weighted by Crippen LogP contribution is 2.36. The highest BCUT2D eigenvalue weighted by atomic mass is 35.5. The molecule has 0 bridgehead atoms. The molecule has 3 aromatic rings. The number of fused-ring (bicyclic) bond motifs is 1. The molecule has 0 aliphatic heterocycles. The van der Waals surface area contributed by atoms with Gasteiger partial charge in [0.1, 0.15) is 12.1 Å². The Morgan fingerprint density at radius 3 is 2.67 bits per heavy atom. The first kappa shape index (κ1) is 16.5. The van der Waals surface area contributed by atoms with Crippen LogP contribution in [0.2, 0.25) is 5.02 Å². The van der Waals surface area contributed by atoms with Crippen LogP contribution >= 0.6 is 11.6 Å². The molecule has 1 aromatic carbocycles. The predicted molar refractivity (Wildman–Crippen MR) is 84.0 cm³/mol. The van der Waals surface area contributed by atoms with Crippen LogP contribution in [0.1, 0.15) is 29.8 Å². The number of rotatable bonds is 3. The van der Waals surface area contributed by atoms with E-state index in [2.05, 4.69) is 20.4 Å².